The third-order valence-corrected chi connectivity index (χ3v) is 4.25. The van der Waals surface area contributed by atoms with Crippen LogP contribution in [0, 0.1) is 6.92 Å². The molecule has 0 saturated heterocycles. The van der Waals surface area contributed by atoms with Gasteiger partial charge in [-0.2, -0.15) is 5.10 Å². The molecule has 112 valence electrons. The molecule has 1 amide bonds. The van der Waals surface area contributed by atoms with Crippen molar-refractivity contribution in [1.82, 2.24) is 14.8 Å². The summed E-state index contributed by atoms with van der Waals surface area (Å²) < 4.78 is 2.45. The van der Waals surface area contributed by atoms with Crippen LogP contribution in [0.2, 0.25) is 5.02 Å². The number of anilines is 1. The number of amides is 1. The van der Waals surface area contributed by atoms with Crippen molar-refractivity contribution in [3.63, 3.8) is 0 Å². The minimum Gasteiger partial charge on any atom is -0.323 e. The predicted octanol–water partition coefficient (Wildman–Crippen LogP) is 3.79. The second kappa shape index (κ2) is 6.06. The molecule has 3 aromatic rings. The van der Waals surface area contributed by atoms with Crippen LogP contribution in [0.3, 0.4) is 0 Å². The van der Waals surface area contributed by atoms with Gasteiger partial charge in [0.1, 0.15) is 6.54 Å². The summed E-state index contributed by atoms with van der Waals surface area (Å²) in [6.07, 6.45) is 3.33. The number of nitrogens with one attached hydrogen (secondary N) is 1. The zero-order valence-corrected chi connectivity index (χ0v) is 14.0. The number of fused-ring (bicyclic) bond motifs is 1. The number of carbonyl (C=O) groups is 1. The van der Waals surface area contributed by atoms with E-state index < -0.39 is 0 Å². The van der Waals surface area contributed by atoms with E-state index in [1.807, 2.05) is 24.3 Å². The zero-order chi connectivity index (χ0) is 15.7. The Morgan fingerprint density at radius 3 is 2.95 bits per heavy atom. The molecule has 1 aromatic carbocycles. The fourth-order valence-electron chi connectivity index (χ4n) is 2.15. The summed E-state index contributed by atoms with van der Waals surface area (Å²) in [6, 6.07) is 7.50. The van der Waals surface area contributed by atoms with Crippen LogP contribution in [0.4, 0.5) is 5.69 Å². The number of hydrogen-bond acceptors (Lipinski definition) is 3. The van der Waals surface area contributed by atoms with E-state index in [4.69, 9.17) is 11.6 Å². The molecule has 0 unspecified atom stereocenters. The van der Waals surface area contributed by atoms with Crippen LogP contribution in [0.5, 0.6) is 0 Å². The minimum absolute atomic E-state index is 0.0952. The van der Waals surface area contributed by atoms with Crippen molar-refractivity contribution in [2.45, 2.75) is 13.5 Å². The molecule has 0 atom stereocenters. The number of benzene rings is 1. The molecule has 7 heteroatoms. The van der Waals surface area contributed by atoms with Gasteiger partial charge in [-0.25, -0.2) is 0 Å². The van der Waals surface area contributed by atoms with Gasteiger partial charge in [-0.1, -0.05) is 33.6 Å². The van der Waals surface area contributed by atoms with Crippen LogP contribution in [-0.4, -0.2) is 20.7 Å². The van der Waals surface area contributed by atoms with Crippen LogP contribution in [0.25, 0.3) is 10.9 Å². The first-order valence-electron chi connectivity index (χ1n) is 6.57. The molecule has 3 rings (SSSR count). The Balaban J connectivity index is 1.84. The van der Waals surface area contributed by atoms with Crippen LogP contribution < -0.4 is 5.32 Å². The molecule has 5 nitrogen and oxygen atoms in total. The third kappa shape index (κ3) is 2.98. The topological polar surface area (TPSA) is 59.8 Å². The quantitative estimate of drug-likeness (QED) is 0.753. The van der Waals surface area contributed by atoms with E-state index in [0.717, 1.165) is 15.4 Å². The average molecular weight is 380 g/mol. The Morgan fingerprint density at radius 1 is 1.41 bits per heavy atom. The number of hydrogen-bond donors (Lipinski definition) is 1. The number of halogens is 2. The molecular weight excluding hydrogens is 368 g/mol. The first kappa shape index (κ1) is 15.0. The monoisotopic (exact) mass is 378 g/mol. The number of rotatable bonds is 3. The molecule has 0 fully saturated rings. The maximum absolute atomic E-state index is 12.2. The van der Waals surface area contributed by atoms with E-state index in [1.54, 1.807) is 19.3 Å². The first-order valence-corrected chi connectivity index (χ1v) is 7.74. The molecule has 0 aliphatic rings. The molecular formula is C15H12BrClN4O. The average Bonchev–Trinajstić information content (AvgIpc) is 2.80. The molecule has 0 bridgehead atoms. The van der Waals surface area contributed by atoms with E-state index in [0.29, 0.717) is 16.4 Å². The van der Waals surface area contributed by atoms with Gasteiger partial charge in [0.25, 0.3) is 0 Å². The number of aryl methyl sites for hydroxylation is 1. The summed E-state index contributed by atoms with van der Waals surface area (Å²) in [6.45, 7) is 1.89. The van der Waals surface area contributed by atoms with Gasteiger partial charge in [0, 0.05) is 22.3 Å². The smallest absolute Gasteiger partial charge is 0.246 e. The van der Waals surface area contributed by atoms with Crippen molar-refractivity contribution in [3.8, 4) is 0 Å². The third-order valence-electron chi connectivity index (χ3n) is 3.18. The highest BCUT2D eigenvalue weighted by Crippen LogP contribution is 2.28. The van der Waals surface area contributed by atoms with Gasteiger partial charge in [-0.3, -0.25) is 14.5 Å². The second-order valence-electron chi connectivity index (χ2n) is 4.80. The van der Waals surface area contributed by atoms with E-state index >= 15 is 0 Å². The highest BCUT2D eigenvalue weighted by molar-refractivity contribution is 9.10. The van der Waals surface area contributed by atoms with Crippen molar-refractivity contribution < 1.29 is 4.79 Å². The van der Waals surface area contributed by atoms with Gasteiger partial charge in [-0.15, -0.1) is 0 Å². The van der Waals surface area contributed by atoms with Crippen molar-refractivity contribution in [2.24, 2.45) is 0 Å². The summed E-state index contributed by atoms with van der Waals surface area (Å²) >= 11 is 9.42. The Bertz CT molecular complexity index is 842. The highest BCUT2D eigenvalue weighted by Gasteiger charge is 2.10. The summed E-state index contributed by atoms with van der Waals surface area (Å²) in [7, 11) is 0. The van der Waals surface area contributed by atoms with E-state index in [2.05, 4.69) is 31.3 Å². The maximum atomic E-state index is 12.2. The normalized spacial score (nSPS) is 10.9. The predicted molar refractivity (Wildman–Crippen MR) is 90.0 cm³/mol. The highest BCUT2D eigenvalue weighted by atomic mass is 79.9. The number of nitrogens with zero attached hydrogens (tertiary/aromatic N) is 3. The van der Waals surface area contributed by atoms with Gasteiger partial charge in [0.05, 0.1) is 21.9 Å². The summed E-state index contributed by atoms with van der Waals surface area (Å²) in [4.78, 5) is 16.5. The summed E-state index contributed by atoms with van der Waals surface area (Å²) in [5, 5.41) is 8.52. The largest absolute Gasteiger partial charge is 0.323 e. The summed E-state index contributed by atoms with van der Waals surface area (Å²) in [5.74, 6) is -0.187. The lowest BCUT2D eigenvalue weighted by Gasteiger charge is -2.09. The fraction of sp³-hybridized carbons (Fsp3) is 0.133. The molecule has 0 aliphatic heterocycles. The SMILES string of the molecule is Cc1nn(CC(=O)Nc2ccc(Br)c3cccnc23)cc1Cl. The zero-order valence-electron chi connectivity index (χ0n) is 11.7. The van der Waals surface area contributed by atoms with E-state index in [-0.39, 0.29) is 12.5 Å². The van der Waals surface area contributed by atoms with Crippen LogP contribution in [0.1, 0.15) is 5.69 Å². The Labute approximate surface area is 140 Å². The molecule has 2 heterocycles. The molecule has 0 saturated carbocycles. The lowest BCUT2D eigenvalue weighted by atomic mass is 10.2. The Hall–Kier alpha value is -1.92. The van der Waals surface area contributed by atoms with Crippen LogP contribution in [-0.2, 0) is 11.3 Å². The maximum Gasteiger partial charge on any atom is 0.246 e. The summed E-state index contributed by atoms with van der Waals surface area (Å²) in [5.41, 5.74) is 2.10. The van der Waals surface area contributed by atoms with Crippen molar-refractivity contribution >= 4 is 50.0 Å². The molecule has 2 aromatic heterocycles. The Kier molecular flexibility index (Phi) is 4.13. The minimum atomic E-state index is -0.187. The fourth-order valence-corrected chi connectivity index (χ4v) is 2.75. The van der Waals surface area contributed by atoms with E-state index in [9.17, 15) is 4.79 Å². The molecule has 0 radical (unpaired) electrons. The lowest BCUT2D eigenvalue weighted by Crippen LogP contribution is -2.19. The number of pyridine rings is 1. The lowest BCUT2D eigenvalue weighted by molar-refractivity contribution is -0.116. The van der Waals surface area contributed by atoms with Crippen molar-refractivity contribution in [2.75, 3.05) is 5.32 Å². The molecule has 1 N–H and O–H groups in total. The van der Waals surface area contributed by atoms with Crippen molar-refractivity contribution in [1.29, 1.82) is 0 Å². The molecule has 0 aliphatic carbocycles. The van der Waals surface area contributed by atoms with Crippen molar-refractivity contribution in [3.05, 3.63) is 51.8 Å². The van der Waals surface area contributed by atoms with E-state index in [1.165, 1.54) is 4.68 Å². The van der Waals surface area contributed by atoms with Gasteiger partial charge in [0.15, 0.2) is 0 Å². The van der Waals surface area contributed by atoms with Gasteiger partial charge < -0.3 is 5.32 Å². The molecule has 22 heavy (non-hydrogen) atoms. The Morgan fingerprint density at radius 2 is 2.23 bits per heavy atom. The standard InChI is InChI=1S/C15H12BrClN4O/c1-9-12(17)7-21(20-9)8-14(22)19-13-5-4-11(16)10-3-2-6-18-15(10)13/h2-7H,8H2,1H3,(H,19,22). The van der Waals surface area contributed by atoms with Crippen LogP contribution in [0.15, 0.2) is 41.1 Å². The number of aromatic nitrogens is 3. The van der Waals surface area contributed by atoms with Gasteiger partial charge in [-0.05, 0) is 25.1 Å². The van der Waals surface area contributed by atoms with Gasteiger partial charge >= 0.3 is 0 Å². The number of carbonyl (C=O) groups excluding carboxylic acids is 1. The molecule has 0 spiro atoms. The second-order valence-corrected chi connectivity index (χ2v) is 6.06. The van der Waals surface area contributed by atoms with Gasteiger partial charge in [0.2, 0.25) is 5.91 Å². The van der Waals surface area contributed by atoms with Crippen LogP contribution >= 0.6 is 27.5 Å². The first-order chi connectivity index (χ1) is 10.5.